The number of rotatable bonds is 4. The minimum atomic E-state index is -0.556. The smallest absolute Gasteiger partial charge is 0.201 e. The first-order chi connectivity index (χ1) is 21.8. The lowest BCUT2D eigenvalue weighted by Gasteiger charge is -2.29. The van der Waals surface area contributed by atoms with Gasteiger partial charge in [-0.2, -0.15) is 0 Å². The molecule has 0 amide bonds. The van der Waals surface area contributed by atoms with Crippen LogP contribution in [0.4, 0.5) is 0 Å². The minimum absolute atomic E-state index is 0.0453. The van der Waals surface area contributed by atoms with E-state index < -0.39 is 11.8 Å². The lowest BCUT2D eigenvalue weighted by atomic mass is 9.74. The molecule has 0 saturated heterocycles. The van der Waals surface area contributed by atoms with Crippen LogP contribution in [0.15, 0.2) is 72.9 Å². The molecule has 1 aromatic heterocycles. The van der Waals surface area contributed by atoms with Crippen LogP contribution in [0.25, 0.3) is 33.5 Å². The molecule has 43 heavy (non-hydrogen) atoms. The molecule has 1 nitrogen and oxygen atoms in total. The largest absolute Gasteiger partial charge is 0.213 e. The summed E-state index contributed by atoms with van der Waals surface area (Å²) in [5, 5.41) is 0. The standard InChI is InChI=1S/C42H48N/c1-29-13-9-10-18-34(29)41-27-37(38(28-43(41)2)31-16-7-4-8-17-31)33-20-22-36-35-21-19-32(30-14-5-3-6-15-30)25-39(35)42(40(36)26-33)23-11-12-24-42/h9-10,13,18-22,25-28,30-31H,3-8,11-12,14-17,23-24H2,1-2H3/q+1/i30D,31D. The van der Waals surface area contributed by atoms with Gasteiger partial charge in [-0.25, -0.2) is 4.57 Å². The minimum Gasteiger partial charge on any atom is -0.201 e. The van der Waals surface area contributed by atoms with Gasteiger partial charge in [0.2, 0.25) is 5.69 Å². The summed E-state index contributed by atoms with van der Waals surface area (Å²) in [4.78, 5) is 0. The summed E-state index contributed by atoms with van der Waals surface area (Å²) in [6.07, 6.45) is 18.2. The van der Waals surface area contributed by atoms with E-state index in [1.54, 1.807) is 0 Å². The number of hydrogen-bond donors (Lipinski definition) is 0. The maximum atomic E-state index is 9.79. The van der Waals surface area contributed by atoms with Crippen molar-refractivity contribution in [1.29, 1.82) is 0 Å². The van der Waals surface area contributed by atoms with Gasteiger partial charge in [0, 0.05) is 25.3 Å². The Bertz CT molecular complexity index is 1770. The van der Waals surface area contributed by atoms with Crippen LogP contribution >= 0.6 is 0 Å². The topological polar surface area (TPSA) is 3.88 Å². The predicted octanol–water partition coefficient (Wildman–Crippen LogP) is 11.1. The highest BCUT2D eigenvalue weighted by molar-refractivity contribution is 5.85. The van der Waals surface area contributed by atoms with E-state index >= 15 is 0 Å². The molecule has 0 radical (unpaired) electrons. The zero-order chi connectivity index (χ0) is 30.8. The van der Waals surface area contributed by atoms with E-state index in [0.717, 1.165) is 38.5 Å². The summed E-state index contributed by atoms with van der Waals surface area (Å²) in [6, 6.07) is 25.5. The number of hydrogen-bond acceptors (Lipinski definition) is 0. The lowest BCUT2D eigenvalue weighted by Crippen LogP contribution is -2.32. The van der Waals surface area contributed by atoms with Crippen molar-refractivity contribution < 1.29 is 7.31 Å². The molecule has 0 atom stereocenters. The normalized spacial score (nSPS) is 22.1. The number of fused-ring (bicyclic) bond motifs is 5. The number of aryl methyl sites for hydroxylation is 2. The summed E-state index contributed by atoms with van der Waals surface area (Å²) in [6.45, 7) is 2.20. The molecule has 8 rings (SSSR count). The van der Waals surface area contributed by atoms with E-state index in [0.29, 0.717) is 0 Å². The van der Waals surface area contributed by atoms with Gasteiger partial charge in [0.15, 0.2) is 6.20 Å². The van der Waals surface area contributed by atoms with E-state index in [2.05, 4.69) is 91.5 Å². The second kappa shape index (κ2) is 11.1. The van der Waals surface area contributed by atoms with Crippen LogP contribution in [-0.4, -0.2) is 0 Å². The van der Waals surface area contributed by atoms with Gasteiger partial charge in [0.05, 0.1) is 0 Å². The fraction of sp³-hybridized carbons (Fsp3) is 0.452. The van der Waals surface area contributed by atoms with Crippen LogP contribution in [0.2, 0.25) is 0 Å². The fourth-order valence-electron chi connectivity index (χ4n) is 9.21. The van der Waals surface area contributed by atoms with E-state index in [1.165, 1.54) is 113 Å². The van der Waals surface area contributed by atoms with Crippen LogP contribution < -0.4 is 4.57 Å². The van der Waals surface area contributed by atoms with Gasteiger partial charge < -0.3 is 0 Å². The van der Waals surface area contributed by atoms with E-state index in [-0.39, 0.29) is 5.41 Å². The molecule has 4 aliphatic carbocycles. The van der Waals surface area contributed by atoms with Crippen LogP contribution in [-0.2, 0) is 12.5 Å². The molecule has 0 aliphatic heterocycles. The van der Waals surface area contributed by atoms with Crippen molar-refractivity contribution in [2.75, 3.05) is 0 Å². The third kappa shape index (κ3) is 4.61. The molecule has 3 saturated carbocycles. The lowest BCUT2D eigenvalue weighted by molar-refractivity contribution is -0.660. The summed E-state index contributed by atoms with van der Waals surface area (Å²) in [5.74, 6) is -0.990. The van der Waals surface area contributed by atoms with E-state index in [1.807, 2.05) is 0 Å². The number of benzene rings is 3. The summed E-state index contributed by atoms with van der Waals surface area (Å²) in [5.41, 5.74) is 14.5. The Morgan fingerprint density at radius 2 is 1.30 bits per heavy atom. The van der Waals surface area contributed by atoms with E-state index in [4.69, 9.17) is 0 Å². The third-order valence-electron chi connectivity index (χ3n) is 11.5. The van der Waals surface area contributed by atoms with Crippen molar-refractivity contribution in [1.82, 2.24) is 0 Å². The molecule has 3 aromatic carbocycles. The van der Waals surface area contributed by atoms with Crippen LogP contribution in [0.1, 0.15) is 132 Å². The SMILES string of the molecule is [2H]C1(c2ccc3c(c2)C2(CCCC2)c2cc(-c4cc(-c5ccccc5C)[n+](C)cc4C4([2H])CCCCC4)ccc2-3)CCCCC1. The van der Waals surface area contributed by atoms with E-state index in [9.17, 15) is 2.74 Å². The highest BCUT2D eigenvalue weighted by Gasteiger charge is 2.45. The number of aromatic nitrogens is 1. The van der Waals surface area contributed by atoms with Gasteiger partial charge in [0.1, 0.15) is 7.05 Å². The molecule has 0 N–H and O–H groups in total. The monoisotopic (exact) mass is 568 g/mol. The fourth-order valence-corrected chi connectivity index (χ4v) is 9.21. The molecule has 1 heterocycles. The Kier molecular flexibility index (Phi) is 6.48. The maximum absolute atomic E-state index is 9.79. The molecule has 0 unspecified atom stereocenters. The van der Waals surface area contributed by atoms with Gasteiger partial charge in [-0.3, -0.25) is 0 Å². The molecule has 0 bridgehead atoms. The summed E-state index contributed by atoms with van der Waals surface area (Å²) < 4.78 is 21.5. The predicted molar refractivity (Wildman–Crippen MR) is 180 cm³/mol. The molecule has 220 valence electrons. The summed E-state index contributed by atoms with van der Waals surface area (Å²) in [7, 11) is 2.16. The zero-order valence-corrected chi connectivity index (χ0v) is 26.3. The van der Waals surface area contributed by atoms with Crippen molar-refractivity contribution in [3.05, 3.63) is 101 Å². The first-order valence-corrected chi connectivity index (χ1v) is 17.2. The first-order valence-electron chi connectivity index (χ1n) is 18.2. The molecule has 1 heteroatoms. The highest BCUT2D eigenvalue weighted by Crippen LogP contribution is 2.58. The Hall–Kier alpha value is -3.19. The molecular formula is C42H48N+. The third-order valence-corrected chi connectivity index (χ3v) is 11.5. The van der Waals surface area contributed by atoms with Crippen molar-refractivity contribution in [2.24, 2.45) is 7.05 Å². The van der Waals surface area contributed by atoms with Crippen molar-refractivity contribution in [3.8, 4) is 33.5 Å². The molecular weight excluding hydrogens is 518 g/mol. The van der Waals surface area contributed by atoms with Gasteiger partial charge in [-0.15, -0.1) is 0 Å². The van der Waals surface area contributed by atoms with Gasteiger partial charge in [0.25, 0.3) is 0 Å². The van der Waals surface area contributed by atoms with Crippen molar-refractivity contribution in [2.45, 2.75) is 114 Å². The number of pyridine rings is 1. The maximum Gasteiger partial charge on any atom is 0.213 e. The molecule has 3 fully saturated rings. The van der Waals surface area contributed by atoms with Gasteiger partial charge in [-0.1, -0.05) is 99.9 Å². The number of nitrogens with zero attached hydrogens (tertiary/aromatic N) is 1. The summed E-state index contributed by atoms with van der Waals surface area (Å²) >= 11 is 0. The molecule has 4 aromatic rings. The van der Waals surface area contributed by atoms with Crippen LogP contribution in [0.5, 0.6) is 0 Å². The Morgan fingerprint density at radius 3 is 2.02 bits per heavy atom. The average molecular weight is 569 g/mol. The van der Waals surface area contributed by atoms with Gasteiger partial charge in [-0.05, 0) is 114 Å². The Balaban J connectivity index is 1.30. The highest BCUT2D eigenvalue weighted by atomic mass is 14.9. The Morgan fingerprint density at radius 1 is 0.651 bits per heavy atom. The zero-order valence-electron chi connectivity index (χ0n) is 28.3. The Labute approximate surface area is 262 Å². The molecule has 1 spiro atoms. The van der Waals surface area contributed by atoms with Crippen molar-refractivity contribution >= 4 is 0 Å². The van der Waals surface area contributed by atoms with Gasteiger partial charge >= 0.3 is 0 Å². The van der Waals surface area contributed by atoms with Crippen molar-refractivity contribution in [3.63, 3.8) is 0 Å². The average Bonchev–Trinajstić information content (AvgIpc) is 3.66. The molecule has 4 aliphatic rings. The second-order valence-electron chi connectivity index (χ2n) is 14.1. The quantitative estimate of drug-likeness (QED) is 0.216. The first kappa shape index (κ1) is 25.2. The van der Waals surface area contributed by atoms with Crippen LogP contribution in [0, 0.1) is 6.92 Å². The van der Waals surface area contributed by atoms with Crippen LogP contribution in [0.3, 0.4) is 0 Å². The second-order valence-corrected chi connectivity index (χ2v) is 14.1.